The second-order valence-corrected chi connectivity index (χ2v) is 13.6. The van der Waals surface area contributed by atoms with E-state index in [-0.39, 0.29) is 16.8 Å². The lowest BCUT2D eigenvalue weighted by Gasteiger charge is -2.32. The molecule has 5 rings (SSSR count). The molecule has 1 saturated heterocycles. The maximum atomic E-state index is 14.0. The van der Waals surface area contributed by atoms with Gasteiger partial charge in [0.15, 0.2) is 5.13 Å². The van der Waals surface area contributed by atoms with Crippen molar-refractivity contribution in [3.05, 3.63) is 47.0 Å². The fraction of sp³-hybridized carbons (Fsp3) is 0.517. The highest BCUT2D eigenvalue weighted by Crippen LogP contribution is 2.39. The molecular formula is C29H37ClN4O5S2. The number of anilines is 1. The predicted molar refractivity (Wildman–Crippen MR) is 163 cm³/mol. The van der Waals surface area contributed by atoms with E-state index in [1.54, 1.807) is 52.7 Å². The summed E-state index contributed by atoms with van der Waals surface area (Å²) in [5, 5.41) is 1.05. The Balaban J connectivity index is 1.43. The molecular weight excluding hydrogens is 584 g/mol. The topological polar surface area (TPSA) is 92.3 Å². The molecule has 1 saturated carbocycles. The molecule has 0 radical (unpaired) electrons. The number of amides is 1. The first kappa shape index (κ1) is 30.2. The van der Waals surface area contributed by atoms with Gasteiger partial charge in [0.1, 0.15) is 11.3 Å². The van der Waals surface area contributed by atoms with Gasteiger partial charge in [-0.05, 0) is 49.2 Å². The van der Waals surface area contributed by atoms with Crippen LogP contribution in [-0.2, 0) is 14.8 Å². The van der Waals surface area contributed by atoms with E-state index < -0.39 is 10.0 Å². The molecule has 222 valence electrons. The van der Waals surface area contributed by atoms with Crippen molar-refractivity contribution in [1.29, 1.82) is 0 Å². The molecule has 1 aliphatic heterocycles. The number of carbonyl (C=O) groups is 1. The lowest BCUT2D eigenvalue weighted by atomic mass is 9.95. The van der Waals surface area contributed by atoms with Crippen molar-refractivity contribution in [2.45, 2.75) is 50.0 Å². The minimum Gasteiger partial charge on any atom is -0.494 e. The Hall–Kier alpha value is -2.28. The summed E-state index contributed by atoms with van der Waals surface area (Å²) in [7, 11) is -2.09. The summed E-state index contributed by atoms with van der Waals surface area (Å²) in [5.74, 6) is 0.330. The van der Waals surface area contributed by atoms with Gasteiger partial charge in [-0.3, -0.25) is 14.6 Å². The molecule has 0 N–H and O–H groups in total. The molecule has 3 aromatic rings. The molecule has 0 bridgehead atoms. The SMILES string of the molecule is CCN(C1CCCCC1)S(=O)(=O)c1ccc(C(=O)N(CCN2CCOCC2)c2nc3c(OC)ccc(Cl)c3s2)cc1. The molecule has 0 atom stereocenters. The van der Waals surface area contributed by atoms with E-state index in [0.29, 0.717) is 59.8 Å². The molecule has 2 aromatic carbocycles. The summed E-state index contributed by atoms with van der Waals surface area (Å²) >= 11 is 7.82. The van der Waals surface area contributed by atoms with Crippen LogP contribution in [0.1, 0.15) is 49.4 Å². The first-order valence-corrected chi connectivity index (χ1v) is 16.8. The monoisotopic (exact) mass is 620 g/mol. The third kappa shape index (κ3) is 6.55. The lowest BCUT2D eigenvalue weighted by molar-refractivity contribution is 0.0391. The van der Waals surface area contributed by atoms with Crippen molar-refractivity contribution in [2.75, 3.05) is 57.9 Å². The highest BCUT2D eigenvalue weighted by Gasteiger charge is 2.31. The van der Waals surface area contributed by atoms with Crippen molar-refractivity contribution in [1.82, 2.24) is 14.2 Å². The highest BCUT2D eigenvalue weighted by atomic mass is 35.5. The van der Waals surface area contributed by atoms with E-state index >= 15 is 0 Å². The summed E-state index contributed by atoms with van der Waals surface area (Å²) in [6.45, 7) is 6.27. The van der Waals surface area contributed by atoms with Crippen LogP contribution >= 0.6 is 22.9 Å². The number of nitrogens with zero attached hydrogens (tertiary/aromatic N) is 4. The molecule has 0 spiro atoms. The maximum Gasteiger partial charge on any atom is 0.260 e. The predicted octanol–water partition coefficient (Wildman–Crippen LogP) is 5.28. The second-order valence-electron chi connectivity index (χ2n) is 10.4. The van der Waals surface area contributed by atoms with Crippen molar-refractivity contribution >= 4 is 54.2 Å². The van der Waals surface area contributed by atoms with Gasteiger partial charge in [-0.15, -0.1) is 0 Å². The largest absolute Gasteiger partial charge is 0.494 e. The van der Waals surface area contributed by atoms with Crippen molar-refractivity contribution in [2.24, 2.45) is 0 Å². The number of aromatic nitrogens is 1. The zero-order valence-corrected chi connectivity index (χ0v) is 25.9. The van der Waals surface area contributed by atoms with Gasteiger partial charge in [-0.1, -0.05) is 49.1 Å². The molecule has 2 fully saturated rings. The minimum absolute atomic E-state index is 0.0265. The van der Waals surface area contributed by atoms with Crippen molar-refractivity contribution < 1.29 is 22.7 Å². The molecule has 0 unspecified atom stereocenters. The molecule has 1 aromatic heterocycles. The van der Waals surface area contributed by atoms with E-state index in [0.717, 1.165) is 49.9 Å². The van der Waals surface area contributed by atoms with Crippen LogP contribution in [-0.4, -0.2) is 87.6 Å². The Labute approximate surface area is 251 Å². The van der Waals surface area contributed by atoms with Crippen LogP contribution < -0.4 is 9.64 Å². The van der Waals surface area contributed by atoms with E-state index in [2.05, 4.69) is 4.90 Å². The highest BCUT2D eigenvalue weighted by molar-refractivity contribution is 7.89. The summed E-state index contributed by atoms with van der Waals surface area (Å²) in [6.07, 6.45) is 5.03. The van der Waals surface area contributed by atoms with Gasteiger partial charge in [0.2, 0.25) is 10.0 Å². The zero-order valence-electron chi connectivity index (χ0n) is 23.6. The van der Waals surface area contributed by atoms with Crippen LogP contribution in [0, 0.1) is 0 Å². The molecule has 2 heterocycles. The van der Waals surface area contributed by atoms with Crippen LogP contribution in [0.25, 0.3) is 10.2 Å². The Morgan fingerprint density at radius 1 is 1.12 bits per heavy atom. The standard InChI is InChI=1S/C29H37ClN4O5S2/c1-3-34(22-7-5-4-6-8-22)41(36,37)23-11-9-21(10-12-23)28(35)33(16-15-32-17-19-39-20-18-32)29-31-26-25(38-2)14-13-24(30)27(26)40-29/h9-14,22H,3-8,15-20H2,1-2H3. The minimum atomic E-state index is -3.67. The van der Waals surface area contributed by atoms with Crippen molar-refractivity contribution in [3.63, 3.8) is 0 Å². The normalized spacial score (nSPS) is 17.3. The number of rotatable bonds is 10. The third-order valence-electron chi connectivity index (χ3n) is 7.89. The number of benzene rings is 2. The summed E-state index contributed by atoms with van der Waals surface area (Å²) in [5.41, 5.74) is 0.997. The number of methoxy groups -OCH3 is 1. The van der Waals surface area contributed by atoms with Gasteiger partial charge in [-0.25, -0.2) is 13.4 Å². The first-order valence-electron chi connectivity index (χ1n) is 14.2. The summed E-state index contributed by atoms with van der Waals surface area (Å²) in [6, 6.07) is 9.85. The fourth-order valence-electron chi connectivity index (χ4n) is 5.63. The van der Waals surface area contributed by atoms with Gasteiger partial charge in [0.25, 0.3) is 5.91 Å². The van der Waals surface area contributed by atoms with E-state index in [1.165, 1.54) is 11.3 Å². The van der Waals surface area contributed by atoms with Crippen molar-refractivity contribution in [3.8, 4) is 5.75 Å². The Morgan fingerprint density at radius 3 is 2.49 bits per heavy atom. The van der Waals surface area contributed by atoms with Crippen LogP contribution in [0.15, 0.2) is 41.3 Å². The number of ether oxygens (including phenoxy) is 2. The molecule has 1 aliphatic carbocycles. The number of fused-ring (bicyclic) bond motifs is 1. The van der Waals surface area contributed by atoms with E-state index in [9.17, 15) is 13.2 Å². The van der Waals surface area contributed by atoms with Crippen LogP contribution in [0.5, 0.6) is 5.75 Å². The quantitative estimate of drug-likeness (QED) is 0.304. The number of sulfonamides is 1. The van der Waals surface area contributed by atoms with Gasteiger partial charge in [-0.2, -0.15) is 4.31 Å². The number of carbonyl (C=O) groups excluding carboxylic acids is 1. The number of hydrogen-bond acceptors (Lipinski definition) is 8. The number of hydrogen-bond donors (Lipinski definition) is 0. The number of morpholine rings is 1. The molecule has 9 nitrogen and oxygen atoms in total. The molecule has 1 amide bonds. The van der Waals surface area contributed by atoms with Crippen LogP contribution in [0.2, 0.25) is 5.02 Å². The van der Waals surface area contributed by atoms with Crippen LogP contribution in [0.3, 0.4) is 0 Å². The van der Waals surface area contributed by atoms with Gasteiger partial charge in [0.05, 0.1) is 34.9 Å². The number of halogens is 1. The van der Waals surface area contributed by atoms with Gasteiger partial charge < -0.3 is 9.47 Å². The molecule has 12 heteroatoms. The number of thiazole rings is 1. The average Bonchev–Trinajstić information content (AvgIpc) is 3.45. The van der Waals surface area contributed by atoms with E-state index in [4.69, 9.17) is 26.1 Å². The Bertz CT molecular complexity index is 1450. The summed E-state index contributed by atoms with van der Waals surface area (Å²) < 4.78 is 40.4. The second kappa shape index (κ2) is 13.4. The molecule has 41 heavy (non-hydrogen) atoms. The Morgan fingerprint density at radius 2 is 1.83 bits per heavy atom. The van der Waals surface area contributed by atoms with Gasteiger partial charge >= 0.3 is 0 Å². The Kier molecular flexibility index (Phi) is 9.83. The van der Waals surface area contributed by atoms with Crippen LogP contribution in [0.4, 0.5) is 5.13 Å². The summed E-state index contributed by atoms with van der Waals surface area (Å²) in [4.78, 5) is 22.8. The average molecular weight is 621 g/mol. The zero-order chi connectivity index (χ0) is 29.0. The third-order valence-corrected chi connectivity index (χ3v) is 11.5. The molecule has 2 aliphatic rings. The van der Waals surface area contributed by atoms with Gasteiger partial charge in [0, 0.05) is 44.3 Å². The maximum absolute atomic E-state index is 14.0. The fourth-order valence-corrected chi connectivity index (χ4v) is 8.60. The smallest absolute Gasteiger partial charge is 0.260 e. The lowest BCUT2D eigenvalue weighted by Crippen LogP contribution is -2.43. The first-order chi connectivity index (χ1) is 19.8. The van der Waals surface area contributed by atoms with E-state index in [1.807, 2.05) is 6.92 Å².